The van der Waals surface area contributed by atoms with Gasteiger partial charge in [-0.2, -0.15) is 0 Å². The lowest BCUT2D eigenvalue weighted by Crippen LogP contribution is -2.45. The fraction of sp³-hybridized carbons (Fsp3) is 0.840. The molecule has 0 unspecified atom stereocenters. The number of carboxylic acid groups (broad SMARTS) is 1. The van der Waals surface area contributed by atoms with E-state index in [0.717, 1.165) is 25.8 Å². The van der Waals surface area contributed by atoms with E-state index in [1.165, 1.54) is 70.6 Å². The fourth-order valence-corrected chi connectivity index (χ4v) is 3.62. The zero-order chi connectivity index (χ0) is 22.5. The standard InChI is InChI=1S/C25H48N2O3/c1-4-5-6-7-8-9-10-11-12-13-14-15-16-17-18-20-24(28)26-21-19-22-27(2,3)23-25(29)30/h11-12H,4-10,13-23H2,1-3H3,(H-,26,28,29,30)/p+1. The van der Waals surface area contributed by atoms with E-state index in [2.05, 4.69) is 24.4 Å². The molecule has 0 aromatic rings. The summed E-state index contributed by atoms with van der Waals surface area (Å²) < 4.78 is 0.444. The van der Waals surface area contributed by atoms with Crippen molar-refractivity contribution in [1.29, 1.82) is 0 Å². The third-order valence-corrected chi connectivity index (χ3v) is 5.49. The molecule has 0 heterocycles. The SMILES string of the molecule is CCCCCCCCC=CCCCCCCCC(=O)NCCC[N+](C)(C)CC(=O)O. The molecule has 0 bridgehead atoms. The molecule has 0 aliphatic carbocycles. The molecule has 176 valence electrons. The zero-order valence-corrected chi connectivity index (χ0v) is 20.1. The Hall–Kier alpha value is -1.36. The first kappa shape index (κ1) is 28.6. The van der Waals surface area contributed by atoms with Crippen LogP contribution >= 0.6 is 0 Å². The molecule has 5 heteroatoms. The van der Waals surface area contributed by atoms with Crippen molar-refractivity contribution in [3.8, 4) is 0 Å². The van der Waals surface area contributed by atoms with Gasteiger partial charge in [-0.3, -0.25) is 4.79 Å². The van der Waals surface area contributed by atoms with Gasteiger partial charge in [-0.15, -0.1) is 0 Å². The van der Waals surface area contributed by atoms with Crippen molar-refractivity contribution in [3.63, 3.8) is 0 Å². The molecule has 0 aromatic heterocycles. The van der Waals surface area contributed by atoms with Crippen LogP contribution < -0.4 is 5.32 Å². The molecule has 0 saturated carbocycles. The minimum absolute atomic E-state index is 0.114. The summed E-state index contributed by atoms with van der Waals surface area (Å²) in [6.45, 7) is 3.76. The Bertz CT molecular complexity index is 461. The Labute approximate surface area is 185 Å². The van der Waals surface area contributed by atoms with Gasteiger partial charge >= 0.3 is 5.97 Å². The molecule has 0 rings (SSSR count). The van der Waals surface area contributed by atoms with E-state index in [-0.39, 0.29) is 12.5 Å². The number of allylic oxidation sites excluding steroid dienone is 2. The predicted octanol–water partition coefficient (Wildman–Crippen LogP) is 5.69. The maximum atomic E-state index is 11.9. The molecule has 0 atom stereocenters. The number of hydrogen-bond donors (Lipinski definition) is 2. The second-order valence-electron chi connectivity index (χ2n) is 9.25. The molecule has 30 heavy (non-hydrogen) atoms. The zero-order valence-electron chi connectivity index (χ0n) is 20.1. The molecule has 0 radical (unpaired) electrons. The van der Waals surface area contributed by atoms with E-state index in [9.17, 15) is 9.59 Å². The first-order chi connectivity index (χ1) is 14.4. The second kappa shape index (κ2) is 19.6. The number of carbonyl (C=O) groups is 2. The molecular weight excluding hydrogens is 376 g/mol. The number of quaternary nitrogens is 1. The summed E-state index contributed by atoms with van der Waals surface area (Å²) in [6.07, 6.45) is 22.5. The van der Waals surface area contributed by atoms with E-state index in [4.69, 9.17) is 5.11 Å². The van der Waals surface area contributed by atoms with Gasteiger partial charge in [0.25, 0.3) is 0 Å². The molecule has 0 fully saturated rings. The van der Waals surface area contributed by atoms with E-state index in [0.29, 0.717) is 17.4 Å². The van der Waals surface area contributed by atoms with Gasteiger partial charge in [0.2, 0.25) is 5.91 Å². The number of carbonyl (C=O) groups excluding carboxylic acids is 1. The van der Waals surface area contributed by atoms with Crippen LogP contribution in [0.1, 0.15) is 103 Å². The van der Waals surface area contributed by atoms with Gasteiger partial charge in [0, 0.05) is 19.4 Å². The average Bonchev–Trinajstić information content (AvgIpc) is 2.67. The monoisotopic (exact) mass is 425 g/mol. The fourth-order valence-electron chi connectivity index (χ4n) is 3.62. The van der Waals surface area contributed by atoms with Crippen LogP contribution in [0.25, 0.3) is 0 Å². The quantitative estimate of drug-likeness (QED) is 0.141. The summed E-state index contributed by atoms with van der Waals surface area (Å²) in [6, 6.07) is 0. The topological polar surface area (TPSA) is 66.4 Å². The summed E-state index contributed by atoms with van der Waals surface area (Å²) in [5.74, 6) is -0.663. The first-order valence-electron chi connectivity index (χ1n) is 12.3. The summed E-state index contributed by atoms with van der Waals surface area (Å²) >= 11 is 0. The van der Waals surface area contributed by atoms with Gasteiger partial charge in [-0.05, 0) is 32.1 Å². The highest BCUT2D eigenvalue weighted by molar-refractivity contribution is 5.75. The van der Waals surface area contributed by atoms with Crippen LogP contribution in [0.15, 0.2) is 12.2 Å². The smallest absolute Gasteiger partial charge is 0.359 e. The van der Waals surface area contributed by atoms with Crippen molar-refractivity contribution in [1.82, 2.24) is 5.32 Å². The van der Waals surface area contributed by atoms with Crippen LogP contribution in [-0.2, 0) is 9.59 Å². The molecule has 5 nitrogen and oxygen atoms in total. The Balaban J connectivity index is 3.39. The Kier molecular flexibility index (Phi) is 18.7. The largest absolute Gasteiger partial charge is 0.477 e. The highest BCUT2D eigenvalue weighted by Gasteiger charge is 2.18. The number of amides is 1. The van der Waals surface area contributed by atoms with Crippen molar-refractivity contribution in [2.75, 3.05) is 33.7 Å². The first-order valence-corrected chi connectivity index (χ1v) is 12.3. The van der Waals surface area contributed by atoms with Gasteiger partial charge in [0.1, 0.15) is 0 Å². The summed E-state index contributed by atoms with van der Waals surface area (Å²) in [5.41, 5.74) is 0. The van der Waals surface area contributed by atoms with E-state index in [1.807, 2.05) is 14.1 Å². The van der Waals surface area contributed by atoms with Crippen molar-refractivity contribution in [2.45, 2.75) is 103 Å². The van der Waals surface area contributed by atoms with Gasteiger partial charge < -0.3 is 14.9 Å². The number of carboxylic acids is 1. The Morgan fingerprint density at radius 1 is 0.800 bits per heavy atom. The lowest BCUT2D eigenvalue weighted by molar-refractivity contribution is -0.883. The maximum Gasteiger partial charge on any atom is 0.359 e. The van der Waals surface area contributed by atoms with Gasteiger partial charge in [0.15, 0.2) is 6.54 Å². The van der Waals surface area contributed by atoms with Crippen molar-refractivity contribution in [3.05, 3.63) is 12.2 Å². The van der Waals surface area contributed by atoms with Gasteiger partial charge in [-0.1, -0.05) is 70.4 Å². The number of rotatable bonds is 21. The van der Waals surface area contributed by atoms with Crippen LogP contribution in [0.5, 0.6) is 0 Å². The van der Waals surface area contributed by atoms with Crippen molar-refractivity contribution in [2.24, 2.45) is 0 Å². The normalized spacial score (nSPS) is 11.8. The Morgan fingerprint density at radius 2 is 1.33 bits per heavy atom. The number of nitrogens with zero attached hydrogens (tertiary/aromatic N) is 1. The van der Waals surface area contributed by atoms with Crippen LogP contribution in [0.4, 0.5) is 0 Å². The third-order valence-electron chi connectivity index (χ3n) is 5.49. The highest BCUT2D eigenvalue weighted by Crippen LogP contribution is 2.10. The molecule has 0 spiro atoms. The van der Waals surface area contributed by atoms with Gasteiger partial charge in [0.05, 0.1) is 20.6 Å². The van der Waals surface area contributed by atoms with Crippen LogP contribution in [0.3, 0.4) is 0 Å². The summed E-state index contributed by atoms with van der Waals surface area (Å²) in [4.78, 5) is 22.6. The number of nitrogens with one attached hydrogen (secondary N) is 1. The molecule has 1 amide bonds. The van der Waals surface area contributed by atoms with E-state index < -0.39 is 5.97 Å². The number of unbranched alkanes of at least 4 members (excludes halogenated alkanes) is 11. The minimum Gasteiger partial charge on any atom is -0.477 e. The molecule has 0 aliphatic heterocycles. The third kappa shape index (κ3) is 21.4. The van der Waals surface area contributed by atoms with Crippen molar-refractivity contribution >= 4 is 11.9 Å². The predicted molar refractivity (Wildman–Crippen MR) is 127 cm³/mol. The minimum atomic E-state index is -0.784. The lowest BCUT2D eigenvalue weighted by Gasteiger charge is -2.27. The van der Waals surface area contributed by atoms with Crippen LogP contribution in [0, 0.1) is 0 Å². The van der Waals surface area contributed by atoms with E-state index >= 15 is 0 Å². The van der Waals surface area contributed by atoms with Crippen LogP contribution in [-0.4, -0.2) is 55.2 Å². The van der Waals surface area contributed by atoms with Crippen LogP contribution in [0.2, 0.25) is 0 Å². The van der Waals surface area contributed by atoms with Gasteiger partial charge in [-0.25, -0.2) is 4.79 Å². The lowest BCUT2D eigenvalue weighted by atomic mass is 10.1. The number of aliphatic carboxylic acids is 1. The molecule has 0 saturated heterocycles. The molecule has 2 N–H and O–H groups in total. The number of likely N-dealkylation sites (N-methyl/N-ethyl adjacent to an activating group) is 1. The maximum absolute atomic E-state index is 11.9. The molecule has 0 aliphatic rings. The highest BCUT2D eigenvalue weighted by atomic mass is 16.4. The second-order valence-corrected chi connectivity index (χ2v) is 9.25. The van der Waals surface area contributed by atoms with E-state index in [1.54, 1.807) is 0 Å². The molecular formula is C25H49N2O3+. The summed E-state index contributed by atoms with van der Waals surface area (Å²) in [5, 5.41) is 11.8. The number of hydrogen-bond acceptors (Lipinski definition) is 2. The average molecular weight is 426 g/mol. The molecule has 0 aromatic carbocycles. The Morgan fingerprint density at radius 3 is 1.90 bits per heavy atom. The van der Waals surface area contributed by atoms with Crippen molar-refractivity contribution < 1.29 is 19.2 Å². The summed E-state index contributed by atoms with van der Waals surface area (Å²) in [7, 11) is 3.81.